The highest BCUT2D eigenvalue weighted by molar-refractivity contribution is 7.99. The smallest absolute Gasteiger partial charge is 0.313 e. The van der Waals surface area contributed by atoms with Gasteiger partial charge in [-0.1, -0.05) is 45.4 Å². The van der Waals surface area contributed by atoms with Crippen LogP contribution in [0.15, 0.2) is 5.16 Å². The second-order valence-corrected chi connectivity index (χ2v) is 7.27. The largest absolute Gasteiger partial charge is 0.481 e. The van der Waals surface area contributed by atoms with Crippen molar-refractivity contribution in [2.24, 2.45) is 5.41 Å². The first-order chi connectivity index (χ1) is 9.97. The van der Waals surface area contributed by atoms with Crippen LogP contribution in [0.1, 0.15) is 64.6 Å². The summed E-state index contributed by atoms with van der Waals surface area (Å²) in [4.78, 5) is 10.8. The van der Waals surface area contributed by atoms with Gasteiger partial charge >= 0.3 is 5.97 Å². The molecule has 0 aromatic carbocycles. The number of aliphatic carboxylic acids is 1. The summed E-state index contributed by atoms with van der Waals surface area (Å²) in [7, 11) is 0. The molecular weight excluding hydrogens is 286 g/mol. The third kappa shape index (κ3) is 3.78. The number of thioether (sulfide) groups is 1. The van der Waals surface area contributed by atoms with E-state index in [1.54, 1.807) is 0 Å². The lowest BCUT2D eigenvalue weighted by Gasteiger charge is -2.29. The molecule has 0 radical (unpaired) electrons. The summed E-state index contributed by atoms with van der Waals surface area (Å²) in [5.74, 6) is 0.497. The highest BCUT2D eigenvalue weighted by Gasteiger charge is 2.34. The van der Waals surface area contributed by atoms with E-state index in [9.17, 15) is 4.79 Å². The molecule has 1 heterocycles. The van der Waals surface area contributed by atoms with Crippen molar-refractivity contribution in [2.45, 2.75) is 70.5 Å². The number of aromatic nitrogens is 3. The van der Waals surface area contributed by atoms with E-state index in [2.05, 4.69) is 35.5 Å². The number of rotatable bonds is 7. The summed E-state index contributed by atoms with van der Waals surface area (Å²) in [6.45, 7) is 7.40. The quantitative estimate of drug-likeness (QED) is 0.780. The summed E-state index contributed by atoms with van der Waals surface area (Å²) in [6, 6.07) is 0. The van der Waals surface area contributed by atoms with Gasteiger partial charge in [0.1, 0.15) is 5.82 Å². The Kier molecular flexibility index (Phi) is 5.30. The molecule has 118 valence electrons. The molecular formula is C15H25N3O2S. The van der Waals surface area contributed by atoms with Gasteiger partial charge in [-0.2, -0.15) is 0 Å². The van der Waals surface area contributed by atoms with Crippen molar-refractivity contribution in [3.05, 3.63) is 5.82 Å². The van der Waals surface area contributed by atoms with Crippen LogP contribution in [0.25, 0.3) is 0 Å². The Hall–Kier alpha value is -1.04. The van der Waals surface area contributed by atoms with Crippen molar-refractivity contribution in [2.75, 3.05) is 5.75 Å². The first kappa shape index (κ1) is 16.3. The van der Waals surface area contributed by atoms with Gasteiger partial charge in [0.2, 0.25) is 0 Å². The van der Waals surface area contributed by atoms with Crippen molar-refractivity contribution in [1.82, 2.24) is 14.8 Å². The van der Waals surface area contributed by atoms with Gasteiger partial charge in [-0.25, -0.2) is 0 Å². The lowest BCUT2D eigenvalue weighted by atomic mass is 9.83. The molecule has 1 aliphatic carbocycles. The van der Waals surface area contributed by atoms with Gasteiger partial charge in [-0.15, -0.1) is 10.2 Å². The maximum Gasteiger partial charge on any atom is 0.313 e. The summed E-state index contributed by atoms with van der Waals surface area (Å²) in [5.41, 5.74) is 0.338. The zero-order chi connectivity index (χ0) is 15.5. The van der Waals surface area contributed by atoms with Crippen molar-refractivity contribution in [3.8, 4) is 0 Å². The van der Waals surface area contributed by atoms with E-state index < -0.39 is 5.97 Å². The molecule has 21 heavy (non-hydrogen) atoms. The number of carbonyl (C=O) groups is 1. The normalized spacial score (nSPS) is 17.5. The Labute approximate surface area is 130 Å². The second-order valence-electron chi connectivity index (χ2n) is 6.32. The molecule has 1 fully saturated rings. The van der Waals surface area contributed by atoms with E-state index in [1.165, 1.54) is 37.4 Å². The van der Waals surface area contributed by atoms with Gasteiger partial charge in [-0.05, 0) is 24.7 Å². The Morgan fingerprint density at radius 3 is 2.57 bits per heavy atom. The maximum atomic E-state index is 10.8. The summed E-state index contributed by atoms with van der Waals surface area (Å²) in [5, 5.41) is 18.2. The molecule has 1 aliphatic rings. The molecule has 0 saturated heterocycles. The van der Waals surface area contributed by atoms with E-state index >= 15 is 0 Å². The number of nitrogens with zero attached hydrogens (tertiary/aromatic N) is 3. The fraction of sp³-hybridized carbons (Fsp3) is 0.800. The SMILES string of the molecule is CCC1(Cn2c(SCC(=O)O)nnc2C(C)C)CCCC1. The van der Waals surface area contributed by atoms with Crippen molar-refractivity contribution >= 4 is 17.7 Å². The van der Waals surface area contributed by atoms with Crippen LogP contribution in [0.3, 0.4) is 0 Å². The van der Waals surface area contributed by atoms with Crippen LogP contribution in [0.4, 0.5) is 0 Å². The highest BCUT2D eigenvalue weighted by Crippen LogP contribution is 2.43. The lowest BCUT2D eigenvalue weighted by molar-refractivity contribution is -0.133. The number of hydrogen-bond acceptors (Lipinski definition) is 4. The van der Waals surface area contributed by atoms with Crippen LogP contribution in [-0.2, 0) is 11.3 Å². The van der Waals surface area contributed by atoms with Gasteiger partial charge in [0, 0.05) is 12.5 Å². The molecule has 1 aromatic heterocycles. The monoisotopic (exact) mass is 311 g/mol. The van der Waals surface area contributed by atoms with Crippen molar-refractivity contribution in [1.29, 1.82) is 0 Å². The fourth-order valence-electron chi connectivity index (χ4n) is 3.19. The molecule has 0 spiro atoms. The predicted molar refractivity (Wildman–Crippen MR) is 83.7 cm³/mol. The zero-order valence-corrected chi connectivity index (χ0v) is 13.9. The molecule has 5 nitrogen and oxygen atoms in total. The average molecular weight is 311 g/mol. The third-order valence-electron chi connectivity index (χ3n) is 4.49. The third-order valence-corrected chi connectivity index (χ3v) is 5.45. The van der Waals surface area contributed by atoms with Crippen LogP contribution < -0.4 is 0 Å². The molecule has 0 unspecified atom stereocenters. The van der Waals surface area contributed by atoms with Crippen molar-refractivity contribution in [3.63, 3.8) is 0 Å². The van der Waals surface area contributed by atoms with Crippen LogP contribution in [0.5, 0.6) is 0 Å². The minimum absolute atomic E-state index is 0.0371. The molecule has 1 N–H and O–H groups in total. The minimum Gasteiger partial charge on any atom is -0.481 e. The Morgan fingerprint density at radius 1 is 1.38 bits per heavy atom. The van der Waals surface area contributed by atoms with E-state index in [1.807, 2.05) is 0 Å². The Balaban J connectivity index is 2.25. The van der Waals surface area contributed by atoms with Gasteiger partial charge in [-0.3, -0.25) is 4.79 Å². The number of carboxylic acid groups (broad SMARTS) is 1. The standard InChI is InChI=1S/C15H25N3O2S/c1-4-15(7-5-6-8-15)10-18-13(11(2)3)16-17-14(18)21-9-12(19)20/h11H,4-10H2,1-3H3,(H,19,20). The van der Waals surface area contributed by atoms with E-state index in [0.29, 0.717) is 11.3 Å². The van der Waals surface area contributed by atoms with E-state index in [4.69, 9.17) is 5.11 Å². The molecule has 1 aromatic rings. The van der Waals surface area contributed by atoms with Crippen molar-refractivity contribution < 1.29 is 9.90 Å². The topological polar surface area (TPSA) is 68.0 Å². The van der Waals surface area contributed by atoms with E-state index in [0.717, 1.165) is 23.9 Å². The van der Waals surface area contributed by atoms with E-state index in [-0.39, 0.29) is 5.75 Å². The van der Waals surface area contributed by atoms with Gasteiger partial charge in [0.15, 0.2) is 5.16 Å². The first-order valence-corrected chi connectivity index (χ1v) is 8.74. The summed E-state index contributed by atoms with van der Waals surface area (Å²) in [6.07, 6.45) is 6.26. The minimum atomic E-state index is -0.813. The summed E-state index contributed by atoms with van der Waals surface area (Å²) >= 11 is 1.28. The molecule has 0 aliphatic heterocycles. The molecule has 2 rings (SSSR count). The molecule has 6 heteroatoms. The van der Waals surface area contributed by atoms with Gasteiger partial charge < -0.3 is 9.67 Å². The Bertz CT molecular complexity index is 493. The molecule has 0 amide bonds. The fourth-order valence-corrected chi connectivity index (χ4v) is 3.86. The zero-order valence-electron chi connectivity index (χ0n) is 13.1. The molecule has 0 bridgehead atoms. The first-order valence-electron chi connectivity index (χ1n) is 7.75. The molecule has 0 atom stereocenters. The summed E-state index contributed by atoms with van der Waals surface area (Å²) < 4.78 is 2.17. The number of carboxylic acids is 1. The number of hydrogen-bond donors (Lipinski definition) is 1. The van der Waals surface area contributed by atoms with Gasteiger partial charge in [0.05, 0.1) is 5.75 Å². The molecule has 1 saturated carbocycles. The van der Waals surface area contributed by atoms with Crippen LogP contribution in [0.2, 0.25) is 0 Å². The maximum absolute atomic E-state index is 10.8. The van der Waals surface area contributed by atoms with Crippen LogP contribution in [-0.4, -0.2) is 31.6 Å². The van der Waals surface area contributed by atoms with Crippen LogP contribution >= 0.6 is 11.8 Å². The highest BCUT2D eigenvalue weighted by atomic mass is 32.2. The predicted octanol–water partition coefficient (Wildman–Crippen LogP) is 3.55. The second kappa shape index (κ2) is 6.81. The lowest BCUT2D eigenvalue weighted by Crippen LogP contribution is -2.25. The van der Waals surface area contributed by atoms with Gasteiger partial charge in [0.25, 0.3) is 0 Å². The Morgan fingerprint density at radius 2 is 2.05 bits per heavy atom. The average Bonchev–Trinajstić information content (AvgIpc) is 3.04. The van der Waals surface area contributed by atoms with Crippen LogP contribution in [0, 0.1) is 5.41 Å².